The minimum atomic E-state index is -0.269. The number of methoxy groups -OCH3 is 1. The van der Waals surface area contributed by atoms with Crippen molar-refractivity contribution in [3.8, 4) is 5.75 Å². The highest BCUT2D eigenvalue weighted by molar-refractivity contribution is 6.29. The number of halogens is 1. The van der Waals surface area contributed by atoms with Gasteiger partial charge in [-0.1, -0.05) is 23.7 Å². The summed E-state index contributed by atoms with van der Waals surface area (Å²) in [5.41, 5.74) is 1.83. The third-order valence-corrected chi connectivity index (χ3v) is 3.69. The third-order valence-electron chi connectivity index (χ3n) is 3.48. The first-order valence-corrected chi connectivity index (χ1v) is 7.41. The summed E-state index contributed by atoms with van der Waals surface area (Å²) in [4.78, 5) is 16.6. The Labute approximate surface area is 138 Å². The number of hydrogen-bond donors (Lipinski definition) is 1. The first-order valence-electron chi connectivity index (χ1n) is 7.03. The smallest absolute Gasteiger partial charge is 0.272 e. The predicted molar refractivity (Wildman–Crippen MR) is 86.9 cm³/mol. The van der Waals surface area contributed by atoms with E-state index in [2.05, 4.69) is 15.4 Å². The lowest BCUT2D eigenvalue weighted by atomic mass is 10.1. The number of fused-ring (bicyclic) bond motifs is 1. The Morgan fingerprint density at radius 1 is 1.26 bits per heavy atom. The lowest BCUT2D eigenvalue weighted by molar-refractivity contribution is 0.0935. The van der Waals surface area contributed by atoms with E-state index in [1.807, 2.05) is 31.2 Å². The molecule has 0 radical (unpaired) electrons. The summed E-state index contributed by atoms with van der Waals surface area (Å²) in [6.07, 6.45) is 1.55. The fourth-order valence-electron chi connectivity index (χ4n) is 2.21. The average Bonchev–Trinajstić information content (AvgIpc) is 2.98. The van der Waals surface area contributed by atoms with Crippen LogP contribution in [0.2, 0.25) is 5.15 Å². The summed E-state index contributed by atoms with van der Waals surface area (Å²) in [5, 5.41) is 7.31. The maximum absolute atomic E-state index is 12.3. The molecule has 6 nitrogen and oxygen atoms in total. The van der Waals surface area contributed by atoms with Crippen molar-refractivity contribution in [1.82, 2.24) is 19.9 Å². The predicted octanol–water partition coefficient (Wildman–Crippen LogP) is 2.88. The van der Waals surface area contributed by atoms with E-state index in [1.165, 1.54) is 4.52 Å². The lowest BCUT2D eigenvalue weighted by Crippen LogP contribution is -2.26. The van der Waals surface area contributed by atoms with Gasteiger partial charge in [-0.2, -0.15) is 5.10 Å². The second kappa shape index (κ2) is 6.26. The molecule has 118 valence electrons. The van der Waals surface area contributed by atoms with Crippen LogP contribution in [-0.4, -0.2) is 27.6 Å². The largest absolute Gasteiger partial charge is 0.497 e. The van der Waals surface area contributed by atoms with Crippen LogP contribution in [0.25, 0.3) is 5.65 Å². The summed E-state index contributed by atoms with van der Waals surface area (Å²) < 4.78 is 6.61. The van der Waals surface area contributed by atoms with Gasteiger partial charge in [-0.15, -0.1) is 0 Å². The molecule has 0 saturated heterocycles. The molecule has 0 saturated carbocycles. The molecule has 1 amide bonds. The number of carbonyl (C=O) groups excluding carboxylic acids is 1. The van der Waals surface area contributed by atoms with Crippen LogP contribution in [0.15, 0.2) is 42.6 Å². The van der Waals surface area contributed by atoms with Crippen molar-refractivity contribution < 1.29 is 9.53 Å². The molecule has 0 bridgehead atoms. The van der Waals surface area contributed by atoms with E-state index in [9.17, 15) is 4.79 Å². The highest BCUT2D eigenvalue weighted by Crippen LogP contribution is 2.18. The van der Waals surface area contributed by atoms with Gasteiger partial charge in [0.15, 0.2) is 5.65 Å². The van der Waals surface area contributed by atoms with Crippen molar-refractivity contribution in [1.29, 1.82) is 0 Å². The normalized spacial score (nSPS) is 12.1. The summed E-state index contributed by atoms with van der Waals surface area (Å²) in [7, 11) is 1.61. The SMILES string of the molecule is COc1ccc([C@@H](C)NC(=O)c2cn3nc(Cl)ccc3n2)cc1. The molecular weight excluding hydrogens is 316 g/mol. The summed E-state index contributed by atoms with van der Waals surface area (Å²) >= 11 is 5.83. The molecule has 2 aromatic heterocycles. The van der Waals surface area contributed by atoms with Crippen LogP contribution in [-0.2, 0) is 0 Å². The number of amides is 1. The van der Waals surface area contributed by atoms with Crippen molar-refractivity contribution in [2.24, 2.45) is 0 Å². The van der Waals surface area contributed by atoms with E-state index < -0.39 is 0 Å². The molecule has 1 aromatic carbocycles. The highest BCUT2D eigenvalue weighted by Gasteiger charge is 2.15. The Morgan fingerprint density at radius 3 is 2.70 bits per heavy atom. The monoisotopic (exact) mass is 330 g/mol. The average molecular weight is 331 g/mol. The number of ether oxygens (including phenoxy) is 1. The van der Waals surface area contributed by atoms with Crippen molar-refractivity contribution in [3.05, 3.63) is 59.0 Å². The highest BCUT2D eigenvalue weighted by atomic mass is 35.5. The van der Waals surface area contributed by atoms with Gasteiger partial charge in [-0.05, 0) is 36.8 Å². The molecule has 0 aliphatic heterocycles. The fourth-order valence-corrected chi connectivity index (χ4v) is 2.36. The van der Waals surface area contributed by atoms with E-state index >= 15 is 0 Å². The minimum absolute atomic E-state index is 0.158. The van der Waals surface area contributed by atoms with Gasteiger partial charge >= 0.3 is 0 Å². The van der Waals surface area contributed by atoms with Crippen molar-refractivity contribution in [3.63, 3.8) is 0 Å². The fraction of sp³-hybridized carbons (Fsp3) is 0.188. The third kappa shape index (κ3) is 3.27. The van der Waals surface area contributed by atoms with E-state index in [4.69, 9.17) is 16.3 Å². The van der Waals surface area contributed by atoms with Gasteiger partial charge in [0.25, 0.3) is 5.91 Å². The summed E-state index contributed by atoms with van der Waals surface area (Å²) in [6.45, 7) is 1.91. The molecule has 0 fully saturated rings. The van der Waals surface area contributed by atoms with E-state index in [1.54, 1.807) is 25.4 Å². The van der Waals surface area contributed by atoms with Crippen LogP contribution >= 0.6 is 11.6 Å². The van der Waals surface area contributed by atoms with Gasteiger partial charge in [0.1, 0.15) is 16.6 Å². The number of imidazole rings is 1. The number of hydrogen-bond acceptors (Lipinski definition) is 4. The van der Waals surface area contributed by atoms with Crippen molar-refractivity contribution >= 4 is 23.2 Å². The Hall–Kier alpha value is -2.60. The summed E-state index contributed by atoms with van der Waals surface area (Å²) in [5.74, 6) is 0.505. The van der Waals surface area contributed by atoms with E-state index in [-0.39, 0.29) is 11.9 Å². The van der Waals surface area contributed by atoms with Crippen LogP contribution in [0.1, 0.15) is 29.0 Å². The van der Waals surface area contributed by atoms with Gasteiger partial charge in [-0.25, -0.2) is 9.50 Å². The topological polar surface area (TPSA) is 68.5 Å². The van der Waals surface area contributed by atoms with Gasteiger partial charge in [0, 0.05) is 0 Å². The Balaban J connectivity index is 1.76. The van der Waals surface area contributed by atoms with Crippen LogP contribution in [0, 0.1) is 0 Å². The van der Waals surface area contributed by atoms with Crippen LogP contribution in [0.3, 0.4) is 0 Å². The first kappa shape index (κ1) is 15.3. The van der Waals surface area contributed by atoms with Crippen LogP contribution in [0.5, 0.6) is 5.75 Å². The first-order chi connectivity index (χ1) is 11.1. The van der Waals surface area contributed by atoms with Gasteiger partial charge < -0.3 is 10.1 Å². The zero-order valence-electron chi connectivity index (χ0n) is 12.7. The molecule has 3 aromatic rings. The molecule has 7 heteroatoms. The zero-order chi connectivity index (χ0) is 16.4. The second-order valence-electron chi connectivity index (χ2n) is 5.05. The molecule has 0 aliphatic carbocycles. The van der Waals surface area contributed by atoms with E-state index in [0.29, 0.717) is 16.5 Å². The van der Waals surface area contributed by atoms with Crippen LogP contribution in [0.4, 0.5) is 0 Å². The molecule has 0 unspecified atom stereocenters. The maximum atomic E-state index is 12.3. The number of aromatic nitrogens is 3. The Morgan fingerprint density at radius 2 is 2.00 bits per heavy atom. The van der Waals surface area contributed by atoms with Crippen molar-refractivity contribution in [2.45, 2.75) is 13.0 Å². The van der Waals surface area contributed by atoms with Gasteiger partial charge in [0.05, 0.1) is 19.3 Å². The second-order valence-corrected chi connectivity index (χ2v) is 5.44. The maximum Gasteiger partial charge on any atom is 0.272 e. The van der Waals surface area contributed by atoms with Crippen LogP contribution < -0.4 is 10.1 Å². The molecule has 23 heavy (non-hydrogen) atoms. The molecule has 1 atom stereocenters. The molecular formula is C16H15ClN4O2. The zero-order valence-corrected chi connectivity index (χ0v) is 13.4. The lowest BCUT2D eigenvalue weighted by Gasteiger charge is -2.13. The summed E-state index contributed by atoms with van der Waals surface area (Å²) in [6, 6.07) is 10.7. The Kier molecular flexibility index (Phi) is 4.16. The quantitative estimate of drug-likeness (QED) is 0.798. The number of nitrogens with one attached hydrogen (secondary N) is 1. The number of carbonyl (C=O) groups is 1. The van der Waals surface area contributed by atoms with Gasteiger partial charge in [-0.3, -0.25) is 4.79 Å². The number of nitrogens with zero attached hydrogens (tertiary/aromatic N) is 3. The Bertz CT molecular complexity index is 845. The van der Waals surface area contributed by atoms with Gasteiger partial charge in [0.2, 0.25) is 0 Å². The molecule has 1 N–H and O–H groups in total. The van der Waals surface area contributed by atoms with E-state index in [0.717, 1.165) is 11.3 Å². The van der Waals surface area contributed by atoms with Crippen molar-refractivity contribution in [2.75, 3.05) is 7.11 Å². The number of benzene rings is 1. The standard InChI is InChI=1S/C16H15ClN4O2/c1-10(11-3-5-12(23-2)6-4-11)18-16(22)13-9-21-15(19-13)8-7-14(17)20-21/h3-10H,1-2H3,(H,18,22)/t10-/m1/s1. The molecule has 3 rings (SSSR count). The molecule has 0 aliphatic rings. The molecule has 0 spiro atoms. The number of rotatable bonds is 4. The molecule has 2 heterocycles. The minimum Gasteiger partial charge on any atom is -0.497 e.